The molecule has 0 aromatic heterocycles. The molecule has 1 fully saturated rings. The van der Waals surface area contributed by atoms with E-state index >= 15 is 0 Å². The van der Waals surface area contributed by atoms with Gasteiger partial charge in [-0.05, 0) is 66.0 Å². The van der Waals surface area contributed by atoms with Gasteiger partial charge < -0.3 is 9.84 Å². The molecule has 0 amide bonds. The highest BCUT2D eigenvalue weighted by atomic mass is 19.1. The van der Waals surface area contributed by atoms with Gasteiger partial charge in [0.25, 0.3) is 0 Å². The number of esters is 1. The Morgan fingerprint density at radius 2 is 1.93 bits per heavy atom. The predicted molar refractivity (Wildman–Crippen MR) is 113 cm³/mol. The standard InChI is InChI=1S/C25H29FO3/c1-2-25(28)29-17-22-15-21(11-10-19(22)9-6-14-27)23-13-12-20(16-24(23)26)18-7-4-3-5-8-18/h2,10-13,15-16,18,27H,1,3-9,14,17H2. The van der Waals surface area contributed by atoms with Crippen molar-refractivity contribution >= 4 is 5.97 Å². The summed E-state index contributed by atoms with van der Waals surface area (Å²) in [5.74, 6) is -0.251. The summed E-state index contributed by atoms with van der Waals surface area (Å²) < 4.78 is 20.2. The minimum Gasteiger partial charge on any atom is -0.458 e. The molecule has 0 spiro atoms. The Labute approximate surface area is 172 Å². The molecule has 0 unspecified atom stereocenters. The van der Waals surface area contributed by atoms with Gasteiger partial charge in [-0.2, -0.15) is 0 Å². The Balaban J connectivity index is 1.86. The molecular weight excluding hydrogens is 367 g/mol. The molecule has 29 heavy (non-hydrogen) atoms. The molecule has 154 valence electrons. The minimum absolute atomic E-state index is 0.0882. The van der Waals surface area contributed by atoms with Crippen LogP contribution in [-0.2, 0) is 22.6 Å². The van der Waals surface area contributed by atoms with E-state index in [9.17, 15) is 9.18 Å². The van der Waals surface area contributed by atoms with Crippen molar-refractivity contribution in [2.24, 2.45) is 0 Å². The molecule has 1 N–H and O–H groups in total. The molecule has 0 bridgehead atoms. The van der Waals surface area contributed by atoms with Crippen LogP contribution in [0.2, 0.25) is 0 Å². The van der Waals surface area contributed by atoms with Gasteiger partial charge in [0, 0.05) is 18.2 Å². The topological polar surface area (TPSA) is 46.5 Å². The van der Waals surface area contributed by atoms with E-state index in [1.807, 2.05) is 30.3 Å². The number of hydrogen-bond acceptors (Lipinski definition) is 3. The molecule has 0 radical (unpaired) electrons. The fourth-order valence-electron chi connectivity index (χ4n) is 4.10. The lowest BCUT2D eigenvalue weighted by Gasteiger charge is -2.22. The van der Waals surface area contributed by atoms with Gasteiger partial charge in [-0.25, -0.2) is 9.18 Å². The van der Waals surface area contributed by atoms with E-state index in [0.29, 0.717) is 24.3 Å². The Bertz CT molecular complexity index is 853. The van der Waals surface area contributed by atoms with Crippen LogP contribution in [0.15, 0.2) is 49.1 Å². The van der Waals surface area contributed by atoms with Crippen molar-refractivity contribution in [3.05, 3.63) is 71.6 Å². The van der Waals surface area contributed by atoms with Crippen molar-refractivity contribution in [1.29, 1.82) is 0 Å². The quantitative estimate of drug-likeness (QED) is 0.460. The SMILES string of the molecule is C=CC(=O)OCc1cc(-c2ccc(C3CCCCC3)cc2F)ccc1CCCO. The summed E-state index contributed by atoms with van der Waals surface area (Å²) in [5.41, 5.74) is 4.20. The number of aliphatic hydroxyl groups is 1. The summed E-state index contributed by atoms with van der Waals surface area (Å²) in [6, 6.07) is 11.3. The number of ether oxygens (including phenoxy) is 1. The summed E-state index contributed by atoms with van der Waals surface area (Å²) in [6.07, 6.45) is 8.40. The smallest absolute Gasteiger partial charge is 0.330 e. The van der Waals surface area contributed by atoms with Crippen molar-refractivity contribution in [3.8, 4) is 11.1 Å². The summed E-state index contributed by atoms with van der Waals surface area (Å²) in [7, 11) is 0. The third-order valence-corrected chi connectivity index (χ3v) is 5.73. The van der Waals surface area contributed by atoms with Crippen LogP contribution >= 0.6 is 0 Å². The lowest BCUT2D eigenvalue weighted by atomic mass is 9.83. The average molecular weight is 397 g/mol. The molecule has 3 nitrogen and oxygen atoms in total. The number of aliphatic hydroxyl groups excluding tert-OH is 1. The van der Waals surface area contributed by atoms with Crippen LogP contribution in [0.3, 0.4) is 0 Å². The highest BCUT2D eigenvalue weighted by molar-refractivity contribution is 5.81. The van der Waals surface area contributed by atoms with Crippen LogP contribution in [-0.4, -0.2) is 17.7 Å². The number of rotatable bonds is 8. The van der Waals surface area contributed by atoms with Gasteiger partial charge in [0.05, 0.1) is 0 Å². The van der Waals surface area contributed by atoms with Crippen LogP contribution in [0.1, 0.15) is 61.1 Å². The van der Waals surface area contributed by atoms with Crippen LogP contribution in [0.4, 0.5) is 4.39 Å². The van der Waals surface area contributed by atoms with Crippen molar-refractivity contribution in [2.45, 2.75) is 57.5 Å². The van der Waals surface area contributed by atoms with Gasteiger partial charge >= 0.3 is 5.97 Å². The molecule has 2 aromatic carbocycles. The molecule has 4 heteroatoms. The number of carbonyl (C=O) groups excluding carboxylic acids is 1. The zero-order valence-corrected chi connectivity index (χ0v) is 16.8. The Morgan fingerprint density at radius 1 is 1.14 bits per heavy atom. The third kappa shape index (κ3) is 5.54. The van der Waals surface area contributed by atoms with Gasteiger partial charge in [0.15, 0.2) is 0 Å². The van der Waals surface area contributed by atoms with Crippen LogP contribution in [0.5, 0.6) is 0 Å². The second-order valence-corrected chi connectivity index (χ2v) is 7.70. The molecular formula is C25H29FO3. The molecule has 0 aliphatic heterocycles. The number of halogens is 1. The minimum atomic E-state index is -0.494. The summed E-state index contributed by atoms with van der Waals surface area (Å²) in [6.45, 7) is 3.60. The largest absolute Gasteiger partial charge is 0.458 e. The second kappa shape index (κ2) is 10.4. The van der Waals surface area contributed by atoms with Crippen molar-refractivity contribution in [3.63, 3.8) is 0 Å². The van der Waals surface area contributed by atoms with Crippen LogP contribution < -0.4 is 0 Å². The maximum absolute atomic E-state index is 15.0. The highest BCUT2D eigenvalue weighted by Crippen LogP contribution is 2.35. The first-order chi connectivity index (χ1) is 14.1. The molecule has 3 rings (SSSR count). The second-order valence-electron chi connectivity index (χ2n) is 7.70. The van der Waals surface area contributed by atoms with Gasteiger partial charge in [-0.3, -0.25) is 0 Å². The van der Waals surface area contributed by atoms with Gasteiger partial charge in [-0.15, -0.1) is 0 Å². The fourth-order valence-corrected chi connectivity index (χ4v) is 4.10. The predicted octanol–water partition coefficient (Wildman–Crippen LogP) is 5.69. The molecule has 1 saturated carbocycles. The zero-order chi connectivity index (χ0) is 20.6. The maximum atomic E-state index is 15.0. The van der Waals surface area contributed by atoms with E-state index < -0.39 is 5.97 Å². The molecule has 1 aliphatic rings. The summed E-state index contributed by atoms with van der Waals surface area (Å²) >= 11 is 0. The van der Waals surface area contributed by atoms with E-state index in [4.69, 9.17) is 9.84 Å². The fraction of sp³-hybridized carbons (Fsp3) is 0.400. The van der Waals surface area contributed by atoms with Gasteiger partial charge in [0.1, 0.15) is 12.4 Å². The molecule has 1 aliphatic carbocycles. The zero-order valence-electron chi connectivity index (χ0n) is 16.8. The third-order valence-electron chi connectivity index (χ3n) is 5.73. The number of carbonyl (C=O) groups is 1. The first-order valence-electron chi connectivity index (χ1n) is 10.4. The molecule has 0 saturated heterocycles. The van der Waals surface area contributed by atoms with E-state index in [0.717, 1.165) is 41.2 Å². The highest BCUT2D eigenvalue weighted by Gasteiger charge is 2.18. The summed E-state index contributed by atoms with van der Waals surface area (Å²) in [5, 5.41) is 9.13. The molecule has 2 aromatic rings. The first-order valence-corrected chi connectivity index (χ1v) is 10.4. The van der Waals surface area contributed by atoms with Crippen molar-refractivity contribution in [1.82, 2.24) is 0 Å². The molecule has 0 atom stereocenters. The monoisotopic (exact) mass is 396 g/mol. The lowest BCUT2D eigenvalue weighted by Crippen LogP contribution is -2.05. The summed E-state index contributed by atoms with van der Waals surface area (Å²) in [4.78, 5) is 11.5. The van der Waals surface area contributed by atoms with Crippen LogP contribution in [0.25, 0.3) is 11.1 Å². The lowest BCUT2D eigenvalue weighted by molar-refractivity contribution is -0.138. The maximum Gasteiger partial charge on any atom is 0.330 e. The number of hydrogen-bond donors (Lipinski definition) is 1. The molecule has 0 heterocycles. The Hall–Kier alpha value is -2.46. The van der Waals surface area contributed by atoms with Gasteiger partial charge in [0.2, 0.25) is 0 Å². The normalized spacial score (nSPS) is 14.6. The van der Waals surface area contributed by atoms with Gasteiger partial charge in [-0.1, -0.05) is 50.1 Å². The van der Waals surface area contributed by atoms with Crippen molar-refractivity contribution in [2.75, 3.05) is 6.61 Å². The van der Waals surface area contributed by atoms with E-state index in [2.05, 4.69) is 6.58 Å². The van der Waals surface area contributed by atoms with E-state index in [1.165, 1.54) is 19.3 Å². The first kappa shape index (κ1) is 21.3. The van der Waals surface area contributed by atoms with E-state index in [1.54, 1.807) is 6.07 Å². The average Bonchev–Trinajstić information content (AvgIpc) is 2.76. The van der Waals surface area contributed by atoms with Crippen LogP contribution in [0, 0.1) is 5.82 Å². The van der Waals surface area contributed by atoms with E-state index in [-0.39, 0.29) is 19.0 Å². The number of aryl methyl sites for hydroxylation is 1. The van der Waals surface area contributed by atoms with Crippen molar-refractivity contribution < 1.29 is 19.0 Å². The Kier molecular flexibility index (Phi) is 7.59. The Morgan fingerprint density at radius 3 is 2.62 bits per heavy atom. The number of benzene rings is 2.